The number of amides is 1. The maximum Gasteiger partial charge on any atom is 0.234 e. The van der Waals surface area contributed by atoms with Gasteiger partial charge in [0.15, 0.2) is 0 Å². The van der Waals surface area contributed by atoms with E-state index in [4.69, 9.17) is 5.73 Å². The fourth-order valence-electron chi connectivity index (χ4n) is 2.56. The van der Waals surface area contributed by atoms with E-state index in [9.17, 15) is 4.79 Å². The molecule has 0 saturated carbocycles. The molecule has 1 aliphatic heterocycles. The van der Waals surface area contributed by atoms with Crippen LogP contribution in [0.5, 0.6) is 0 Å². The van der Waals surface area contributed by atoms with Gasteiger partial charge in [0.1, 0.15) is 0 Å². The van der Waals surface area contributed by atoms with Gasteiger partial charge in [0.05, 0.1) is 6.04 Å². The van der Waals surface area contributed by atoms with E-state index in [1.807, 2.05) is 6.92 Å². The standard InChI is InChI=1S/C13H28N4O/c1-4-15-12(13(14)18)7-9-17-8-5-6-11(10-17)16(2)3/h11-12,15H,4-10H2,1-3H3,(H2,14,18). The van der Waals surface area contributed by atoms with Crippen LogP contribution in [0.2, 0.25) is 0 Å². The molecule has 18 heavy (non-hydrogen) atoms. The molecule has 106 valence electrons. The lowest BCUT2D eigenvalue weighted by Gasteiger charge is -2.36. The van der Waals surface area contributed by atoms with Crippen LogP contribution in [0, 0.1) is 0 Å². The first-order chi connectivity index (χ1) is 8.54. The van der Waals surface area contributed by atoms with Crippen molar-refractivity contribution < 1.29 is 4.79 Å². The van der Waals surface area contributed by atoms with Gasteiger partial charge in [-0.1, -0.05) is 6.92 Å². The zero-order valence-corrected chi connectivity index (χ0v) is 12.0. The molecule has 1 rings (SSSR count). The molecule has 0 aromatic carbocycles. The average molecular weight is 256 g/mol. The van der Waals surface area contributed by atoms with Crippen LogP contribution in [0.4, 0.5) is 0 Å². The Kier molecular flexibility index (Phi) is 6.60. The average Bonchev–Trinajstić information content (AvgIpc) is 2.34. The number of hydrogen-bond acceptors (Lipinski definition) is 4. The molecule has 0 aliphatic carbocycles. The molecule has 0 radical (unpaired) electrons. The normalized spacial score (nSPS) is 23.2. The van der Waals surface area contributed by atoms with E-state index < -0.39 is 0 Å². The maximum atomic E-state index is 11.3. The van der Waals surface area contributed by atoms with Crippen LogP contribution in [0.1, 0.15) is 26.2 Å². The molecule has 5 heteroatoms. The number of nitrogens with zero attached hydrogens (tertiary/aromatic N) is 2. The topological polar surface area (TPSA) is 61.6 Å². The van der Waals surface area contributed by atoms with Gasteiger partial charge in [0, 0.05) is 19.1 Å². The smallest absolute Gasteiger partial charge is 0.234 e. The Morgan fingerprint density at radius 1 is 1.56 bits per heavy atom. The fraction of sp³-hybridized carbons (Fsp3) is 0.923. The summed E-state index contributed by atoms with van der Waals surface area (Å²) >= 11 is 0. The molecule has 0 aromatic rings. The highest BCUT2D eigenvalue weighted by Crippen LogP contribution is 2.14. The number of likely N-dealkylation sites (tertiary alicyclic amines) is 1. The predicted octanol–water partition coefficient (Wildman–Crippen LogP) is -0.134. The molecular weight excluding hydrogens is 228 g/mol. The highest BCUT2D eigenvalue weighted by Gasteiger charge is 2.22. The van der Waals surface area contributed by atoms with Gasteiger partial charge in [0.25, 0.3) is 0 Å². The second-order valence-electron chi connectivity index (χ2n) is 5.36. The Bertz CT molecular complexity index is 257. The molecule has 0 bridgehead atoms. The van der Waals surface area contributed by atoms with E-state index in [1.165, 1.54) is 12.8 Å². The summed E-state index contributed by atoms with van der Waals surface area (Å²) in [5, 5.41) is 3.14. The number of hydrogen-bond donors (Lipinski definition) is 2. The number of carbonyl (C=O) groups excluding carboxylic acids is 1. The number of piperidine rings is 1. The second-order valence-corrected chi connectivity index (χ2v) is 5.36. The molecule has 2 unspecified atom stereocenters. The Balaban J connectivity index is 2.35. The number of primary amides is 1. The lowest BCUT2D eigenvalue weighted by Crippen LogP contribution is -2.48. The summed E-state index contributed by atoms with van der Waals surface area (Å²) in [6.07, 6.45) is 3.32. The molecule has 1 heterocycles. The van der Waals surface area contributed by atoms with Crippen LogP contribution in [0.15, 0.2) is 0 Å². The fourth-order valence-corrected chi connectivity index (χ4v) is 2.56. The number of nitrogens with one attached hydrogen (secondary N) is 1. The zero-order chi connectivity index (χ0) is 13.5. The first-order valence-corrected chi connectivity index (χ1v) is 6.96. The van der Waals surface area contributed by atoms with Crippen molar-refractivity contribution in [3.63, 3.8) is 0 Å². The van der Waals surface area contributed by atoms with Crippen LogP contribution in [0.25, 0.3) is 0 Å². The van der Waals surface area contributed by atoms with E-state index in [1.54, 1.807) is 0 Å². The molecule has 1 aliphatic rings. The van der Waals surface area contributed by atoms with Gasteiger partial charge < -0.3 is 20.9 Å². The van der Waals surface area contributed by atoms with Gasteiger partial charge >= 0.3 is 0 Å². The predicted molar refractivity (Wildman–Crippen MR) is 74.4 cm³/mol. The third-order valence-corrected chi connectivity index (χ3v) is 3.74. The molecule has 1 saturated heterocycles. The Morgan fingerprint density at radius 2 is 2.28 bits per heavy atom. The van der Waals surface area contributed by atoms with Crippen molar-refractivity contribution >= 4 is 5.91 Å². The van der Waals surface area contributed by atoms with E-state index in [0.29, 0.717) is 6.04 Å². The molecule has 2 atom stereocenters. The summed E-state index contributed by atoms with van der Waals surface area (Å²) in [5.74, 6) is -0.238. The number of likely N-dealkylation sites (N-methyl/N-ethyl adjacent to an activating group) is 2. The monoisotopic (exact) mass is 256 g/mol. The quantitative estimate of drug-likeness (QED) is 0.666. The molecular formula is C13H28N4O. The van der Waals surface area contributed by atoms with Gasteiger partial charge in [0.2, 0.25) is 5.91 Å². The summed E-state index contributed by atoms with van der Waals surface area (Å²) in [6.45, 7) is 5.98. The van der Waals surface area contributed by atoms with E-state index >= 15 is 0 Å². The Hall–Kier alpha value is -0.650. The molecule has 3 N–H and O–H groups in total. The Labute approximate surface area is 111 Å². The maximum absolute atomic E-state index is 11.3. The first-order valence-electron chi connectivity index (χ1n) is 6.96. The van der Waals surface area contributed by atoms with Crippen molar-refractivity contribution in [3.05, 3.63) is 0 Å². The Morgan fingerprint density at radius 3 is 2.83 bits per heavy atom. The van der Waals surface area contributed by atoms with E-state index in [2.05, 4.69) is 29.2 Å². The minimum absolute atomic E-state index is 0.185. The van der Waals surface area contributed by atoms with E-state index in [0.717, 1.165) is 32.6 Å². The van der Waals surface area contributed by atoms with Crippen molar-refractivity contribution in [1.82, 2.24) is 15.1 Å². The van der Waals surface area contributed by atoms with Crippen LogP contribution < -0.4 is 11.1 Å². The summed E-state index contributed by atoms with van der Waals surface area (Å²) in [6, 6.07) is 0.458. The summed E-state index contributed by atoms with van der Waals surface area (Å²) in [7, 11) is 4.28. The van der Waals surface area contributed by atoms with E-state index in [-0.39, 0.29) is 11.9 Å². The summed E-state index contributed by atoms with van der Waals surface area (Å²) < 4.78 is 0. The molecule has 5 nitrogen and oxygen atoms in total. The van der Waals surface area contributed by atoms with Gasteiger partial charge in [-0.3, -0.25) is 4.79 Å². The van der Waals surface area contributed by atoms with Crippen LogP contribution in [-0.2, 0) is 4.79 Å². The molecule has 1 fully saturated rings. The van der Waals surface area contributed by atoms with Crippen LogP contribution in [-0.4, -0.2) is 68.1 Å². The van der Waals surface area contributed by atoms with Crippen molar-refractivity contribution in [1.29, 1.82) is 0 Å². The second kappa shape index (κ2) is 7.71. The SMILES string of the molecule is CCNC(CCN1CCCC(N(C)C)C1)C(N)=O. The zero-order valence-electron chi connectivity index (χ0n) is 12.0. The van der Waals surface area contributed by atoms with Gasteiger partial charge in [-0.2, -0.15) is 0 Å². The van der Waals surface area contributed by atoms with Crippen molar-refractivity contribution in [2.24, 2.45) is 5.73 Å². The lowest BCUT2D eigenvalue weighted by molar-refractivity contribution is -0.120. The summed E-state index contributed by atoms with van der Waals surface area (Å²) in [4.78, 5) is 16.0. The van der Waals surface area contributed by atoms with Crippen molar-refractivity contribution in [2.45, 2.75) is 38.3 Å². The lowest BCUT2D eigenvalue weighted by atomic mass is 10.0. The van der Waals surface area contributed by atoms with Gasteiger partial charge in [-0.25, -0.2) is 0 Å². The minimum Gasteiger partial charge on any atom is -0.368 e. The largest absolute Gasteiger partial charge is 0.368 e. The third kappa shape index (κ3) is 4.92. The van der Waals surface area contributed by atoms with Crippen molar-refractivity contribution in [3.8, 4) is 0 Å². The van der Waals surface area contributed by atoms with Crippen LogP contribution in [0.3, 0.4) is 0 Å². The summed E-state index contributed by atoms with van der Waals surface area (Å²) in [5.41, 5.74) is 5.39. The minimum atomic E-state index is -0.238. The van der Waals surface area contributed by atoms with Gasteiger partial charge in [-0.05, 0) is 46.4 Å². The number of carbonyl (C=O) groups is 1. The van der Waals surface area contributed by atoms with Crippen LogP contribution >= 0.6 is 0 Å². The van der Waals surface area contributed by atoms with Gasteiger partial charge in [-0.15, -0.1) is 0 Å². The highest BCUT2D eigenvalue weighted by atomic mass is 16.1. The molecule has 0 spiro atoms. The number of nitrogens with two attached hydrogens (primary N) is 1. The highest BCUT2D eigenvalue weighted by molar-refractivity contribution is 5.79. The third-order valence-electron chi connectivity index (χ3n) is 3.74. The molecule has 0 aromatic heterocycles. The first kappa shape index (κ1) is 15.4. The molecule has 1 amide bonds. The number of rotatable bonds is 7. The van der Waals surface area contributed by atoms with Crippen molar-refractivity contribution in [2.75, 3.05) is 40.3 Å².